The lowest BCUT2D eigenvalue weighted by Crippen LogP contribution is -2.47. The Bertz CT molecular complexity index is 1130. The number of halogens is 1. The van der Waals surface area contributed by atoms with Gasteiger partial charge >= 0.3 is 5.69 Å². The quantitative estimate of drug-likeness (QED) is 0.472. The van der Waals surface area contributed by atoms with Gasteiger partial charge in [-0.15, -0.1) is 0 Å². The van der Waals surface area contributed by atoms with Crippen molar-refractivity contribution in [3.05, 3.63) is 76.4 Å². The van der Waals surface area contributed by atoms with E-state index in [0.29, 0.717) is 50.0 Å². The molecule has 0 N–H and O–H groups in total. The predicted octanol–water partition coefficient (Wildman–Crippen LogP) is 3.54. The normalized spacial score (nSPS) is 15.8. The SMILES string of the molecule is O=[N+]([O-])c1c(N2CCN(c3ccccc3F)CC2)ncnc1N1CCc2ccccc21. The zero-order valence-corrected chi connectivity index (χ0v) is 16.8. The van der Waals surface area contributed by atoms with Crippen LogP contribution in [0.1, 0.15) is 5.56 Å². The number of benzene rings is 2. The molecule has 0 unspecified atom stereocenters. The highest BCUT2D eigenvalue weighted by molar-refractivity contribution is 5.79. The maximum absolute atomic E-state index is 14.1. The molecule has 0 bridgehead atoms. The molecule has 1 aromatic heterocycles. The molecule has 0 saturated carbocycles. The van der Waals surface area contributed by atoms with Crippen LogP contribution >= 0.6 is 0 Å². The van der Waals surface area contributed by atoms with Gasteiger partial charge < -0.3 is 14.7 Å². The smallest absolute Gasteiger partial charge is 0.353 e. The molecule has 2 aliphatic heterocycles. The molecule has 1 saturated heterocycles. The van der Waals surface area contributed by atoms with Crippen molar-refractivity contribution in [2.45, 2.75) is 6.42 Å². The van der Waals surface area contributed by atoms with Gasteiger partial charge in [-0.3, -0.25) is 10.1 Å². The summed E-state index contributed by atoms with van der Waals surface area (Å²) in [5, 5.41) is 12.1. The van der Waals surface area contributed by atoms with Crippen LogP contribution in [0.5, 0.6) is 0 Å². The number of nitro groups is 1. The van der Waals surface area contributed by atoms with Gasteiger partial charge in [0.1, 0.15) is 12.1 Å². The third kappa shape index (κ3) is 3.41. The van der Waals surface area contributed by atoms with E-state index in [2.05, 4.69) is 9.97 Å². The van der Waals surface area contributed by atoms with E-state index in [0.717, 1.165) is 17.7 Å². The molecule has 3 aromatic rings. The van der Waals surface area contributed by atoms with Crippen LogP contribution in [-0.4, -0.2) is 47.6 Å². The van der Waals surface area contributed by atoms with E-state index < -0.39 is 4.92 Å². The molecular formula is C22H21FN6O2. The first-order chi connectivity index (χ1) is 15.1. The highest BCUT2D eigenvalue weighted by Gasteiger charge is 2.34. The van der Waals surface area contributed by atoms with Gasteiger partial charge in [0.15, 0.2) is 0 Å². The van der Waals surface area contributed by atoms with Crippen molar-refractivity contribution in [1.29, 1.82) is 0 Å². The van der Waals surface area contributed by atoms with Crippen LogP contribution in [0.3, 0.4) is 0 Å². The van der Waals surface area contributed by atoms with Crippen LogP contribution in [0.15, 0.2) is 54.9 Å². The summed E-state index contributed by atoms with van der Waals surface area (Å²) >= 11 is 0. The van der Waals surface area contributed by atoms with Crippen LogP contribution in [0.4, 0.5) is 33.1 Å². The number of rotatable bonds is 4. The molecule has 0 aliphatic carbocycles. The monoisotopic (exact) mass is 420 g/mol. The zero-order valence-electron chi connectivity index (χ0n) is 16.8. The molecule has 9 heteroatoms. The Hall–Kier alpha value is -3.75. The largest absolute Gasteiger partial charge is 0.366 e. The van der Waals surface area contributed by atoms with E-state index >= 15 is 0 Å². The van der Waals surface area contributed by atoms with Gasteiger partial charge in [-0.25, -0.2) is 14.4 Å². The van der Waals surface area contributed by atoms with Crippen LogP contribution in [0, 0.1) is 15.9 Å². The Labute approximate surface area is 178 Å². The van der Waals surface area contributed by atoms with Crippen molar-refractivity contribution >= 4 is 28.7 Å². The molecule has 3 heterocycles. The van der Waals surface area contributed by atoms with Crippen LogP contribution < -0.4 is 14.7 Å². The Balaban J connectivity index is 1.44. The second kappa shape index (κ2) is 7.82. The molecule has 1 fully saturated rings. The topological polar surface area (TPSA) is 78.6 Å². The maximum Gasteiger partial charge on any atom is 0.353 e. The van der Waals surface area contributed by atoms with Crippen molar-refractivity contribution < 1.29 is 9.31 Å². The molecule has 158 valence electrons. The van der Waals surface area contributed by atoms with Crippen molar-refractivity contribution in [2.24, 2.45) is 0 Å². The molecule has 0 atom stereocenters. The Morgan fingerprint density at radius 3 is 2.23 bits per heavy atom. The van der Waals surface area contributed by atoms with Crippen LogP contribution in [0.25, 0.3) is 0 Å². The Kier molecular flexibility index (Phi) is 4.85. The first-order valence-electron chi connectivity index (χ1n) is 10.2. The fourth-order valence-corrected chi connectivity index (χ4v) is 4.38. The summed E-state index contributed by atoms with van der Waals surface area (Å²) in [6.07, 6.45) is 2.20. The van der Waals surface area contributed by atoms with Gasteiger partial charge in [-0.2, -0.15) is 0 Å². The van der Waals surface area contributed by atoms with Gasteiger partial charge in [0, 0.05) is 38.4 Å². The molecule has 0 amide bonds. The average molecular weight is 420 g/mol. The number of para-hydroxylation sites is 2. The van der Waals surface area contributed by atoms with E-state index in [1.165, 1.54) is 12.4 Å². The minimum Gasteiger partial charge on any atom is -0.366 e. The standard InChI is InChI=1S/C22H21FN6O2/c23-17-6-2-4-8-19(17)26-11-13-27(14-12-26)21-20(29(30)31)22(25-15-24-21)28-10-9-16-5-1-3-7-18(16)28/h1-8,15H,9-14H2. The first kappa shape index (κ1) is 19.2. The molecular weight excluding hydrogens is 399 g/mol. The second-order valence-electron chi connectivity index (χ2n) is 7.58. The number of hydrogen-bond donors (Lipinski definition) is 0. The molecule has 31 heavy (non-hydrogen) atoms. The van der Waals surface area contributed by atoms with E-state index in [4.69, 9.17) is 0 Å². The summed E-state index contributed by atoms with van der Waals surface area (Å²) in [4.78, 5) is 26.0. The Morgan fingerprint density at radius 1 is 0.839 bits per heavy atom. The second-order valence-corrected chi connectivity index (χ2v) is 7.58. The van der Waals surface area contributed by atoms with Crippen LogP contribution in [-0.2, 0) is 6.42 Å². The molecule has 8 nitrogen and oxygen atoms in total. The van der Waals surface area contributed by atoms with Gasteiger partial charge in [-0.1, -0.05) is 30.3 Å². The van der Waals surface area contributed by atoms with Crippen molar-refractivity contribution in [3.63, 3.8) is 0 Å². The van der Waals surface area contributed by atoms with Gasteiger partial charge in [-0.05, 0) is 30.2 Å². The van der Waals surface area contributed by atoms with Crippen LogP contribution in [0.2, 0.25) is 0 Å². The van der Waals surface area contributed by atoms with E-state index in [1.807, 2.05) is 39.0 Å². The average Bonchev–Trinajstić information content (AvgIpc) is 3.23. The fraction of sp³-hybridized carbons (Fsp3) is 0.273. The number of hydrogen-bond acceptors (Lipinski definition) is 7. The predicted molar refractivity (Wildman–Crippen MR) is 117 cm³/mol. The summed E-state index contributed by atoms with van der Waals surface area (Å²) in [6.45, 7) is 2.73. The first-order valence-corrected chi connectivity index (χ1v) is 10.2. The molecule has 5 rings (SSSR count). The fourth-order valence-electron chi connectivity index (χ4n) is 4.38. The highest BCUT2D eigenvalue weighted by Crippen LogP contribution is 2.41. The molecule has 0 spiro atoms. The number of nitrogens with zero attached hydrogens (tertiary/aromatic N) is 6. The maximum atomic E-state index is 14.1. The third-order valence-corrected chi connectivity index (χ3v) is 5.88. The summed E-state index contributed by atoms with van der Waals surface area (Å²) in [6, 6.07) is 14.5. The van der Waals surface area contributed by atoms with Crippen molar-refractivity contribution in [3.8, 4) is 0 Å². The molecule has 2 aliphatic rings. The zero-order chi connectivity index (χ0) is 21.4. The lowest BCUT2D eigenvalue weighted by Gasteiger charge is -2.36. The van der Waals surface area contributed by atoms with Crippen molar-refractivity contribution in [1.82, 2.24) is 9.97 Å². The lowest BCUT2D eigenvalue weighted by atomic mass is 10.2. The minimum absolute atomic E-state index is 0.0847. The number of fused-ring (bicyclic) bond motifs is 1. The number of aromatic nitrogens is 2. The van der Waals surface area contributed by atoms with Crippen molar-refractivity contribution in [2.75, 3.05) is 47.4 Å². The number of anilines is 4. The number of piperazine rings is 1. The van der Waals surface area contributed by atoms with E-state index in [9.17, 15) is 14.5 Å². The molecule has 2 aromatic carbocycles. The summed E-state index contributed by atoms with van der Waals surface area (Å²) in [5.41, 5.74) is 2.56. The van der Waals surface area contributed by atoms with E-state index in [1.54, 1.807) is 18.2 Å². The summed E-state index contributed by atoms with van der Waals surface area (Å²) in [7, 11) is 0. The van der Waals surface area contributed by atoms with E-state index in [-0.39, 0.29) is 11.5 Å². The van der Waals surface area contributed by atoms with Gasteiger partial charge in [0.25, 0.3) is 0 Å². The lowest BCUT2D eigenvalue weighted by molar-refractivity contribution is -0.383. The van der Waals surface area contributed by atoms with Gasteiger partial charge in [0.05, 0.1) is 10.6 Å². The highest BCUT2D eigenvalue weighted by atomic mass is 19.1. The molecule has 0 radical (unpaired) electrons. The summed E-state index contributed by atoms with van der Waals surface area (Å²) < 4.78 is 14.1. The summed E-state index contributed by atoms with van der Waals surface area (Å²) in [5.74, 6) is 0.364. The minimum atomic E-state index is -0.394. The third-order valence-electron chi connectivity index (χ3n) is 5.88. The Morgan fingerprint density at radius 2 is 1.48 bits per heavy atom. The van der Waals surface area contributed by atoms with Gasteiger partial charge in [0.2, 0.25) is 11.6 Å².